The van der Waals surface area contributed by atoms with Crippen LogP contribution in [0.2, 0.25) is 0 Å². The first-order chi connectivity index (χ1) is 10.1. The number of carbonyl (C=O) groups excluding carboxylic acids is 1. The average Bonchev–Trinajstić information content (AvgIpc) is 2.46. The van der Waals surface area contributed by atoms with Gasteiger partial charge in [0.15, 0.2) is 0 Å². The van der Waals surface area contributed by atoms with Crippen molar-refractivity contribution in [3.05, 3.63) is 34.9 Å². The Balaban J connectivity index is 2.30. The summed E-state index contributed by atoms with van der Waals surface area (Å²) >= 11 is 5.57. The fourth-order valence-electron chi connectivity index (χ4n) is 1.98. The molecule has 1 aromatic carbocycles. The van der Waals surface area contributed by atoms with E-state index in [1.807, 2.05) is 0 Å². The summed E-state index contributed by atoms with van der Waals surface area (Å²) in [5.41, 5.74) is -0.375. The smallest absolute Gasteiger partial charge is 0.344 e. The van der Waals surface area contributed by atoms with E-state index in [1.165, 1.54) is 13.0 Å². The second-order valence-electron chi connectivity index (χ2n) is 5.00. The van der Waals surface area contributed by atoms with Crippen molar-refractivity contribution >= 4 is 17.6 Å². The van der Waals surface area contributed by atoms with Crippen LogP contribution in [0.25, 0.3) is 0 Å². The summed E-state index contributed by atoms with van der Waals surface area (Å²) in [6.45, 7) is 1.66. The molecule has 0 amide bonds. The van der Waals surface area contributed by atoms with Crippen molar-refractivity contribution in [1.82, 2.24) is 0 Å². The molecule has 2 nitrogen and oxygen atoms in total. The summed E-state index contributed by atoms with van der Waals surface area (Å²) in [5, 5.41) is 0. The predicted molar refractivity (Wildman–Crippen MR) is 79.8 cm³/mol. The Morgan fingerprint density at radius 2 is 1.71 bits per heavy atom. The van der Waals surface area contributed by atoms with Crippen LogP contribution in [0.15, 0.2) is 12.1 Å². The number of aryl methyl sites for hydroxylation is 1. The maximum absolute atomic E-state index is 13.7. The summed E-state index contributed by atoms with van der Waals surface area (Å²) < 4.78 is 32.1. The quantitative estimate of drug-likeness (QED) is 0.363. The third kappa shape index (κ3) is 6.00. The van der Waals surface area contributed by atoms with Crippen LogP contribution >= 0.6 is 11.6 Å². The Morgan fingerprint density at radius 1 is 1.10 bits per heavy atom. The number of rotatable bonds is 9. The van der Waals surface area contributed by atoms with E-state index < -0.39 is 23.2 Å². The zero-order valence-electron chi connectivity index (χ0n) is 12.3. The molecule has 0 radical (unpaired) electrons. The maximum atomic E-state index is 13.7. The Morgan fingerprint density at radius 3 is 2.38 bits per heavy atom. The van der Waals surface area contributed by atoms with Gasteiger partial charge in [0.25, 0.3) is 0 Å². The van der Waals surface area contributed by atoms with Gasteiger partial charge in [-0.25, -0.2) is 13.6 Å². The van der Waals surface area contributed by atoms with Gasteiger partial charge in [0.05, 0.1) is 6.61 Å². The number of esters is 1. The third-order valence-electron chi connectivity index (χ3n) is 3.25. The van der Waals surface area contributed by atoms with Gasteiger partial charge >= 0.3 is 5.97 Å². The molecule has 1 rings (SSSR count). The lowest BCUT2D eigenvalue weighted by Crippen LogP contribution is -2.12. The molecule has 0 saturated heterocycles. The van der Waals surface area contributed by atoms with Gasteiger partial charge in [-0.2, -0.15) is 0 Å². The zero-order chi connectivity index (χ0) is 15.7. The number of benzene rings is 1. The normalized spacial score (nSPS) is 10.7. The van der Waals surface area contributed by atoms with Gasteiger partial charge < -0.3 is 4.74 Å². The van der Waals surface area contributed by atoms with Crippen molar-refractivity contribution in [3.8, 4) is 0 Å². The Kier molecular flexibility index (Phi) is 8.28. The van der Waals surface area contributed by atoms with E-state index in [1.54, 1.807) is 0 Å². The highest BCUT2D eigenvalue weighted by molar-refractivity contribution is 6.17. The minimum atomic E-state index is -0.934. The molecule has 0 atom stereocenters. The molecule has 0 aliphatic carbocycles. The number of carbonyl (C=O) groups is 1. The molecule has 0 spiro atoms. The summed E-state index contributed by atoms with van der Waals surface area (Å²) in [7, 11) is 0. The Labute approximate surface area is 129 Å². The van der Waals surface area contributed by atoms with E-state index in [4.69, 9.17) is 16.3 Å². The van der Waals surface area contributed by atoms with Crippen LogP contribution in [0, 0.1) is 18.6 Å². The molecule has 21 heavy (non-hydrogen) atoms. The minimum Gasteiger partial charge on any atom is -0.462 e. The number of halogens is 3. The minimum absolute atomic E-state index is 0.182. The first-order valence-corrected chi connectivity index (χ1v) is 7.79. The molecule has 0 bridgehead atoms. The van der Waals surface area contributed by atoms with Gasteiger partial charge in [-0.3, -0.25) is 0 Å². The molecule has 0 fully saturated rings. The molecule has 118 valence electrons. The van der Waals surface area contributed by atoms with Gasteiger partial charge in [-0.15, -0.1) is 11.6 Å². The Hall–Kier alpha value is -1.16. The highest BCUT2D eigenvalue weighted by Crippen LogP contribution is 2.17. The van der Waals surface area contributed by atoms with E-state index >= 15 is 0 Å². The zero-order valence-corrected chi connectivity index (χ0v) is 13.0. The van der Waals surface area contributed by atoms with E-state index in [-0.39, 0.29) is 12.2 Å². The highest BCUT2D eigenvalue weighted by Gasteiger charge is 2.20. The summed E-state index contributed by atoms with van der Waals surface area (Å²) in [6.07, 6.45) is 5.88. The second kappa shape index (κ2) is 9.72. The lowest BCUT2D eigenvalue weighted by atomic mass is 10.1. The fourth-order valence-corrected chi connectivity index (χ4v) is 2.17. The van der Waals surface area contributed by atoms with Crippen molar-refractivity contribution in [2.75, 3.05) is 12.5 Å². The summed E-state index contributed by atoms with van der Waals surface area (Å²) in [5.74, 6) is -1.98. The van der Waals surface area contributed by atoms with Gasteiger partial charge in [-0.05, 0) is 31.4 Å². The lowest BCUT2D eigenvalue weighted by Gasteiger charge is -2.08. The number of unbranched alkanes of at least 4 members (excludes halogenated alkanes) is 5. The first-order valence-electron chi connectivity index (χ1n) is 7.25. The van der Waals surface area contributed by atoms with Crippen LogP contribution in [-0.4, -0.2) is 18.5 Å². The molecule has 0 aromatic heterocycles. The largest absolute Gasteiger partial charge is 0.462 e. The van der Waals surface area contributed by atoms with Gasteiger partial charge in [0.1, 0.15) is 17.2 Å². The van der Waals surface area contributed by atoms with Gasteiger partial charge in [0.2, 0.25) is 0 Å². The van der Waals surface area contributed by atoms with E-state index in [9.17, 15) is 13.6 Å². The molecule has 0 saturated carbocycles. The molecule has 0 heterocycles. The van der Waals surface area contributed by atoms with Crippen LogP contribution in [-0.2, 0) is 4.74 Å². The maximum Gasteiger partial charge on any atom is 0.344 e. The van der Waals surface area contributed by atoms with E-state index in [2.05, 4.69) is 0 Å². The van der Waals surface area contributed by atoms with Crippen LogP contribution < -0.4 is 0 Å². The van der Waals surface area contributed by atoms with Crippen molar-refractivity contribution in [2.45, 2.75) is 45.4 Å². The number of hydrogen-bond donors (Lipinski definition) is 0. The van der Waals surface area contributed by atoms with Crippen molar-refractivity contribution in [3.63, 3.8) is 0 Å². The second-order valence-corrected chi connectivity index (χ2v) is 5.38. The molecule has 1 aromatic rings. The number of ether oxygens (including phenoxy) is 1. The molecule has 0 aliphatic rings. The molecule has 0 N–H and O–H groups in total. The average molecular weight is 319 g/mol. The molecular formula is C16H21ClF2O2. The van der Waals surface area contributed by atoms with Crippen LogP contribution in [0.3, 0.4) is 0 Å². The molecule has 0 unspecified atom stereocenters. The lowest BCUT2D eigenvalue weighted by molar-refractivity contribution is 0.0486. The standard InChI is InChI=1S/C16H21ClF2O2/c1-12-8-9-13(18)14(15(12)19)16(20)21-11-7-5-3-2-4-6-10-17/h8-9H,2-7,10-11H2,1H3. The predicted octanol–water partition coefficient (Wildman–Crippen LogP) is 5.01. The van der Waals surface area contributed by atoms with Crippen molar-refractivity contribution in [2.24, 2.45) is 0 Å². The molecule has 5 heteroatoms. The summed E-state index contributed by atoms with van der Waals surface area (Å²) in [4.78, 5) is 11.7. The van der Waals surface area contributed by atoms with Gasteiger partial charge in [0, 0.05) is 5.88 Å². The first kappa shape index (κ1) is 17.9. The third-order valence-corrected chi connectivity index (χ3v) is 3.52. The number of hydrogen-bond acceptors (Lipinski definition) is 2. The van der Waals surface area contributed by atoms with E-state index in [0.29, 0.717) is 12.3 Å². The van der Waals surface area contributed by atoms with Crippen molar-refractivity contribution in [1.29, 1.82) is 0 Å². The van der Waals surface area contributed by atoms with Gasteiger partial charge in [-0.1, -0.05) is 31.7 Å². The molecular weight excluding hydrogens is 298 g/mol. The number of alkyl halides is 1. The van der Waals surface area contributed by atoms with E-state index in [0.717, 1.165) is 38.2 Å². The van der Waals surface area contributed by atoms with Crippen LogP contribution in [0.1, 0.15) is 54.4 Å². The fraction of sp³-hybridized carbons (Fsp3) is 0.562. The van der Waals surface area contributed by atoms with Crippen LogP contribution in [0.5, 0.6) is 0 Å². The summed E-state index contributed by atoms with van der Waals surface area (Å²) in [6, 6.07) is 2.37. The van der Waals surface area contributed by atoms with Crippen molar-refractivity contribution < 1.29 is 18.3 Å². The monoisotopic (exact) mass is 318 g/mol. The molecule has 0 aliphatic heterocycles. The highest BCUT2D eigenvalue weighted by atomic mass is 35.5. The van der Waals surface area contributed by atoms with Crippen LogP contribution in [0.4, 0.5) is 8.78 Å². The Bertz CT molecular complexity index is 464. The topological polar surface area (TPSA) is 26.3 Å². The SMILES string of the molecule is Cc1ccc(F)c(C(=O)OCCCCCCCCCl)c1F.